The maximum Gasteiger partial charge on any atom is 0.251 e. The molecule has 0 saturated carbocycles. The van der Waals surface area contributed by atoms with E-state index in [1.807, 2.05) is 0 Å². The highest BCUT2D eigenvalue weighted by atomic mass is 35.5. The van der Waals surface area contributed by atoms with E-state index >= 15 is 0 Å². The topological polar surface area (TPSA) is 80.9 Å². The fraction of sp³-hybridized carbons (Fsp3) is 0.100. The number of carbonyl (C=O) groups is 1. The van der Waals surface area contributed by atoms with Crippen molar-refractivity contribution in [3.8, 4) is 0 Å². The molecule has 0 aliphatic carbocycles. The van der Waals surface area contributed by atoms with Gasteiger partial charge in [-0.3, -0.25) is 4.79 Å². The molecule has 0 unspecified atom stereocenters. The Hall–Kier alpha value is -1.66. The third kappa shape index (κ3) is 3.15. The first-order valence-electron chi connectivity index (χ1n) is 4.77. The molecule has 0 bridgehead atoms. The summed E-state index contributed by atoms with van der Waals surface area (Å²) in [4.78, 5) is 11.7. The molecule has 0 fully saturated rings. The lowest BCUT2D eigenvalue weighted by Gasteiger charge is -2.02. The second kappa shape index (κ2) is 5.11. The largest absolute Gasteiger partial charge is 0.374 e. The van der Waals surface area contributed by atoms with E-state index in [-0.39, 0.29) is 5.91 Å². The second-order valence-corrected chi connectivity index (χ2v) is 4.76. The summed E-state index contributed by atoms with van der Waals surface area (Å²) in [5.74, 6) is -0.207. The van der Waals surface area contributed by atoms with Gasteiger partial charge in [0.1, 0.15) is 5.01 Å². The van der Waals surface area contributed by atoms with E-state index in [4.69, 9.17) is 17.3 Å². The third-order valence-electron chi connectivity index (χ3n) is 1.97. The smallest absolute Gasteiger partial charge is 0.251 e. The van der Waals surface area contributed by atoms with E-state index in [0.29, 0.717) is 27.3 Å². The number of amides is 1. The Labute approximate surface area is 107 Å². The Kier molecular flexibility index (Phi) is 3.55. The standard InChI is InChI=1S/C10H9ClN4OS/c11-7-3-1-2-6(4-7)9(16)13-5-8-14-15-10(12)17-8/h1-4H,5H2,(H2,12,15)(H,13,16). The molecule has 2 aromatic rings. The Bertz CT molecular complexity index is 543. The molecule has 88 valence electrons. The van der Waals surface area contributed by atoms with Crippen molar-refractivity contribution >= 4 is 34.0 Å². The normalized spacial score (nSPS) is 10.2. The van der Waals surface area contributed by atoms with Crippen LogP contribution in [0.15, 0.2) is 24.3 Å². The fourth-order valence-electron chi connectivity index (χ4n) is 1.23. The van der Waals surface area contributed by atoms with Gasteiger partial charge in [0.25, 0.3) is 5.91 Å². The summed E-state index contributed by atoms with van der Waals surface area (Å²) in [5, 5.41) is 11.7. The first kappa shape index (κ1) is 11.8. The van der Waals surface area contributed by atoms with Gasteiger partial charge < -0.3 is 11.1 Å². The van der Waals surface area contributed by atoms with Crippen molar-refractivity contribution in [2.24, 2.45) is 0 Å². The van der Waals surface area contributed by atoms with Gasteiger partial charge in [-0.15, -0.1) is 10.2 Å². The summed E-state index contributed by atoms with van der Waals surface area (Å²) >= 11 is 7.04. The quantitative estimate of drug-likeness (QED) is 0.888. The van der Waals surface area contributed by atoms with Crippen LogP contribution in [0.3, 0.4) is 0 Å². The minimum Gasteiger partial charge on any atom is -0.374 e. The number of aromatic nitrogens is 2. The second-order valence-electron chi connectivity index (χ2n) is 3.23. The summed E-state index contributed by atoms with van der Waals surface area (Å²) in [5.41, 5.74) is 5.94. The average Bonchev–Trinajstić information content (AvgIpc) is 2.72. The molecule has 1 aromatic carbocycles. The van der Waals surface area contributed by atoms with Crippen molar-refractivity contribution in [3.05, 3.63) is 39.9 Å². The van der Waals surface area contributed by atoms with E-state index in [0.717, 1.165) is 0 Å². The molecule has 5 nitrogen and oxygen atoms in total. The predicted molar refractivity (Wildman–Crippen MR) is 66.9 cm³/mol. The number of nitrogens with one attached hydrogen (secondary N) is 1. The van der Waals surface area contributed by atoms with Gasteiger partial charge in [-0.25, -0.2) is 0 Å². The van der Waals surface area contributed by atoms with Gasteiger partial charge in [0.05, 0.1) is 6.54 Å². The van der Waals surface area contributed by atoms with Crippen LogP contribution in [0.5, 0.6) is 0 Å². The number of nitrogens with two attached hydrogens (primary N) is 1. The van der Waals surface area contributed by atoms with Crippen LogP contribution in [0.2, 0.25) is 5.02 Å². The lowest BCUT2D eigenvalue weighted by atomic mass is 10.2. The Balaban J connectivity index is 1.98. The van der Waals surface area contributed by atoms with Gasteiger partial charge in [-0.1, -0.05) is 29.0 Å². The number of hydrogen-bond acceptors (Lipinski definition) is 5. The molecule has 3 N–H and O–H groups in total. The number of halogens is 1. The SMILES string of the molecule is Nc1nnc(CNC(=O)c2cccc(Cl)c2)s1. The van der Waals surface area contributed by atoms with Crippen molar-refractivity contribution < 1.29 is 4.79 Å². The number of carbonyl (C=O) groups excluding carboxylic acids is 1. The lowest BCUT2D eigenvalue weighted by molar-refractivity contribution is 0.0951. The number of hydrogen-bond donors (Lipinski definition) is 2. The number of rotatable bonds is 3. The summed E-state index contributed by atoms with van der Waals surface area (Å²) in [6.45, 7) is 0.306. The van der Waals surface area contributed by atoms with Gasteiger partial charge in [-0.05, 0) is 18.2 Å². The van der Waals surface area contributed by atoms with Crippen LogP contribution < -0.4 is 11.1 Å². The van der Waals surface area contributed by atoms with Gasteiger partial charge in [0.15, 0.2) is 0 Å². The van der Waals surface area contributed by atoms with Crippen molar-refractivity contribution in [3.63, 3.8) is 0 Å². The molecule has 0 spiro atoms. The molecule has 0 atom stereocenters. The number of nitrogen functional groups attached to an aromatic ring is 1. The lowest BCUT2D eigenvalue weighted by Crippen LogP contribution is -2.22. The molecule has 2 rings (SSSR count). The Morgan fingerprint density at radius 3 is 2.94 bits per heavy atom. The zero-order valence-electron chi connectivity index (χ0n) is 8.68. The molecule has 0 radical (unpaired) electrons. The molecule has 0 saturated heterocycles. The van der Waals surface area contributed by atoms with Gasteiger partial charge in [0.2, 0.25) is 5.13 Å². The predicted octanol–water partition coefficient (Wildman–Crippen LogP) is 1.70. The van der Waals surface area contributed by atoms with E-state index in [2.05, 4.69) is 15.5 Å². The van der Waals surface area contributed by atoms with Crippen molar-refractivity contribution in [2.45, 2.75) is 6.54 Å². The molecule has 1 amide bonds. The van der Waals surface area contributed by atoms with Gasteiger partial charge in [-0.2, -0.15) is 0 Å². The maximum atomic E-state index is 11.7. The molecule has 0 aliphatic heterocycles. The first-order valence-corrected chi connectivity index (χ1v) is 5.96. The molecular weight excluding hydrogens is 260 g/mol. The molecule has 1 aromatic heterocycles. The molecule has 0 aliphatic rings. The maximum absolute atomic E-state index is 11.7. The fourth-order valence-corrected chi connectivity index (χ4v) is 1.97. The molecule has 17 heavy (non-hydrogen) atoms. The highest BCUT2D eigenvalue weighted by molar-refractivity contribution is 7.15. The third-order valence-corrected chi connectivity index (χ3v) is 2.96. The molecule has 1 heterocycles. The monoisotopic (exact) mass is 268 g/mol. The van der Waals surface area contributed by atoms with Crippen molar-refractivity contribution in [1.82, 2.24) is 15.5 Å². The van der Waals surface area contributed by atoms with Crippen molar-refractivity contribution in [1.29, 1.82) is 0 Å². The molecule has 7 heteroatoms. The summed E-state index contributed by atoms with van der Waals surface area (Å²) in [6, 6.07) is 6.73. The van der Waals surface area contributed by atoms with Crippen LogP contribution in [-0.2, 0) is 6.54 Å². The summed E-state index contributed by atoms with van der Waals surface area (Å²) in [7, 11) is 0. The van der Waals surface area contributed by atoms with Crippen LogP contribution in [-0.4, -0.2) is 16.1 Å². The number of anilines is 1. The van der Waals surface area contributed by atoms with E-state index in [1.165, 1.54) is 11.3 Å². The average molecular weight is 269 g/mol. The Morgan fingerprint density at radius 2 is 2.29 bits per heavy atom. The van der Waals surface area contributed by atoms with Crippen LogP contribution in [0.4, 0.5) is 5.13 Å². The first-order chi connectivity index (χ1) is 8.15. The summed E-state index contributed by atoms with van der Waals surface area (Å²) in [6.07, 6.45) is 0. The zero-order chi connectivity index (χ0) is 12.3. The minimum absolute atomic E-state index is 0.207. The van der Waals surface area contributed by atoms with Crippen LogP contribution in [0.25, 0.3) is 0 Å². The van der Waals surface area contributed by atoms with E-state index in [1.54, 1.807) is 24.3 Å². The van der Waals surface area contributed by atoms with Gasteiger partial charge >= 0.3 is 0 Å². The van der Waals surface area contributed by atoms with Crippen LogP contribution in [0.1, 0.15) is 15.4 Å². The van der Waals surface area contributed by atoms with Crippen LogP contribution >= 0.6 is 22.9 Å². The molecular formula is C10H9ClN4OS. The van der Waals surface area contributed by atoms with Gasteiger partial charge in [0, 0.05) is 10.6 Å². The van der Waals surface area contributed by atoms with Crippen molar-refractivity contribution in [2.75, 3.05) is 5.73 Å². The van der Waals surface area contributed by atoms with Crippen LogP contribution in [0, 0.1) is 0 Å². The van der Waals surface area contributed by atoms with E-state index in [9.17, 15) is 4.79 Å². The highest BCUT2D eigenvalue weighted by Gasteiger charge is 2.07. The minimum atomic E-state index is -0.207. The van der Waals surface area contributed by atoms with E-state index < -0.39 is 0 Å². The number of nitrogens with zero attached hydrogens (tertiary/aromatic N) is 2. The summed E-state index contributed by atoms with van der Waals surface area (Å²) < 4.78 is 0. The Morgan fingerprint density at radius 1 is 1.47 bits per heavy atom. The zero-order valence-corrected chi connectivity index (χ0v) is 10.3. The number of benzene rings is 1. The highest BCUT2D eigenvalue weighted by Crippen LogP contribution is 2.12.